The van der Waals surface area contributed by atoms with Gasteiger partial charge in [0.05, 0.1) is 11.0 Å². The van der Waals surface area contributed by atoms with E-state index in [1.807, 2.05) is 31.2 Å². The van der Waals surface area contributed by atoms with E-state index in [0.29, 0.717) is 11.6 Å². The van der Waals surface area contributed by atoms with Crippen LogP contribution in [0.2, 0.25) is 0 Å². The smallest absolute Gasteiger partial charge is 0.387 e. The third kappa shape index (κ3) is 3.77. The van der Waals surface area contributed by atoms with Gasteiger partial charge in [-0.1, -0.05) is 12.1 Å². The summed E-state index contributed by atoms with van der Waals surface area (Å²) in [6, 6.07) is 12.5. The van der Waals surface area contributed by atoms with Gasteiger partial charge in [-0.15, -0.1) is 0 Å². The van der Waals surface area contributed by atoms with Gasteiger partial charge in [-0.3, -0.25) is 4.57 Å². The second-order valence-corrected chi connectivity index (χ2v) is 6.11. The zero-order valence-electron chi connectivity index (χ0n) is 15.1. The number of anilines is 3. The summed E-state index contributed by atoms with van der Waals surface area (Å²) in [7, 11) is 0. The molecule has 29 heavy (non-hydrogen) atoms. The topological polar surface area (TPSA) is 90.9 Å². The predicted octanol–water partition coefficient (Wildman–Crippen LogP) is 4.19. The summed E-state index contributed by atoms with van der Waals surface area (Å²) in [5.74, 6) is -0.0403. The Labute approximate surface area is 163 Å². The number of hydrogen-bond donors (Lipinski definition) is 2. The molecule has 10 heteroatoms. The Morgan fingerprint density at radius 3 is 2.62 bits per heavy atom. The number of nitrogens with one attached hydrogen (secondary N) is 1. The third-order valence-electron chi connectivity index (χ3n) is 4.08. The number of imidazole rings is 1. The molecule has 4 rings (SSSR count). The van der Waals surface area contributed by atoms with E-state index in [-0.39, 0.29) is 17.5 Å². The lowest BCUT2D eigenvalue weighted by Crippen LogP contribution is -2.08. The maximum atomic E-state index is 14.0. The van der Waals surface area contributed by atoms with E-state index in [2.05, 4.69) is 25.0 Å². The van der Waals surface area contributed by atoms with Crippen molar-refractivity contribution in [2.24, 2.45) is 0 Å². The molecule has 0 saturated heterocycles. The van der Waals surface area contributed by atoms with Gasteiger partial charge in [-0.2, -0.15) is 18.7 Å². The van der Waals surface area contributed by atoms with Crippen LogP contribution in [0.5, 0.6) is 5.75 Å². The number of nitrogen functional groups attached to an aromatic ring is 1. The van der Waals surface area contributed by atoms with Crippen LogP contribution in [-0.2, 0) is 0 Å². The highest BCUT2D eigenvalue weighted by Crippen LogP contribution is 2.26. The Morgan fingerprint density at radius 2 is 1.86 bits per heavy atom. The van der Waals surface area contributed by atoms with Crippen molar-refractivity contribution in [2.45, 2.75) is 13.5 Å². The molecule has 0 radical (unpaired) electrons. The van der Waals surface area contributed by atoms with Crippen molar-refractivity contribution >= 4 is 28.4 Å². The van der Waals surface area contributed by atoms with E-state index < -0.39 is 18.2 Å². The molecule has 2 heterocycles. The van der Waals surface area contributed by atoms with Gasteiger partial charge in [0.2, 0.25) is 5.95 Å². The molecule has 148 valence electrons. The highest BCUT2D eigenvalue weighted by molar-refractivity contribution is 5.77. The van der Waals surface area contributed by atoms with Gasteiger partial charge in [0.25, 0.3) is 0 Å². The monoisotopic (exact) mass is 400 g/mol. The van der Waals surface area contributed by atoms with Gasteiger partial charge in [0, 0.05) is 17.8 Å². The van der Waals surface area contributed by atoms with Crippen LogP contribution in [0.3, 0.4) is 0 Å². The molecule has 2 aromatic heterocycles. The molecule has 0 saturated carbocycles. The predicted molar refractivity (Wildman–Crippen MR) is 102 cm³/mol. The molecule has 0 fully saturated rings. The molecule has 0 atom stereocenters. The zero-order chi connectivity index (χ0) is 20.5. The number of aryl methyl sites for hydroxylation is 1. The molecule has 0 aliphatic rings. The van der Waals surface area contributed by atoms with Crippen LogP contribution in [0, 0.1) is 12.7 Å². The van der Waals surface area contributed by atoms with E-state index in [9.17, 15) is 13.2 Å². The summed E-state index contributed by atoms with van der Waals surface area (Å²) in [6.07, 6.45) is 0. The van der Waals surface area contributed by atoms with Crippen LogP contribution in [0.1, 0.15) is 5.82 Å². The minimum absolute atomic E-state index is 0.188. The zero-order valence-corrected chi connectivity index (χ0v) is 15.1. The molecule has 0 unspecified atom stereocenters. The first kappa shape index (κ1) is 18.5. The maximum absolute atomic E-state index is 14.0. The molecule has 0 amide bonds. The van der Waals surface area contributed by atoms with Crippen molar-refractivity contribution in [3.8, 4) is 11.7 Å². The molecule has 0 aliphatic heterocycles. The molecule has 2 aromatic carbocycles. The van der Waals surface area contributed by atoms with Crippen LogP contribution in [-0.4, -0.2) is 26.1 Å². The van der Waals surface area contributed by atoms with Gasteiger partial charge < -0.3 is 15.8 Å². The largest absolute Gasteiger partial charge is 0.432 e. The third-order valence-corrected chi connectivity index (χ3v) is 4.08. The number of halogens is 3. The van der Waals surface area contributed by atoms with Crippen LogP contribution in [0.4, 0.5) is 30.5 Å². The minimum Gasteiger partial charge on any atom is -0.432 e. The van der Waals surface area contributed by atoms with Gasteiger partial charge >= 0.3 is 6.61 Å². The average molecular weight is 400 g/mol. The Balaban J connectivity index is 1.69. The summed E-state index contributed by atoms with van der Waals surface area (Å²) >= 11 is 0. The second-order valence-electron chi connectivity index (χ2n) is 6.11. The number of nitrogens with zero attached hydrogens (tertiary/aromatic N) is 4. The molecular formula is C19H15F3N6O. The lowest BCUT2D eigenvalue weighted by Gasteiger charge is -2.11. The van der Waals surface area contributed by atoms with E-state index >= 15 is 0 Å². The molecule has 3 N–H and O–H groups in total. The first-order chi connectivity index (χ1) is 13.9. The maximum Gasteiger partial charge on any atom is 0.387 e. The molecule has 0 aliphatic carbocycles. The number of para-hydroxylation sites is 2. The van der Waals surface area contributed by atoms with E-state index in [0.717, 1.165) is 23.2 Å². The summed E-state index contributed by atoms with van der Waals surface area (Å²) in [5.41, 5.74) is 7.78. The van der Waals surface area contributed by atoms with Gasteiger partial charge in [0.1, 0.15) is 17.5 Å². The number of hydrogen-bond acceptors (Lipinski definition) is 6. The molecule has 0 bridgehead atoms. The van der Waals surface area contributed by atoms with Crippen molar-refractivity contribution in [1.29, 1.82) is 0 Å². The number of benzene rings is 2. The number of nitrogens with two attached hydrogens (primary N) is 1. The van der Waals surface area contributed by atoms with Gasteiger partial charge in [-0.05, 0) is 31.2 Å². The Hall–Kier alpha value is -3.82. The van der Waals surface area contributed by atoms with Crippen molar-refractivity contribution < 1.29 is 17.9 Å². The highest BCUT2D eigenvalue weighted by atomic mass is 19.3. The van der Waals surface area contributed by atoms with Gasteiger partial charge in [-0.25, -0.2) is 9.37 Å². The van der Waals surface area contributed by atoms with E-state index in [1.165, 1.54) is 12.1 Å². The highest BCUT2D eigenvalue weighted by Gasteiger charge is 2.14. The normalized spacial score (nSPS) is 11.2. The average Bonchev–Trinajstić information content (AvgIpc) is 2.99. The van der Waals surface area contributed by atoms with Crippen molar-refractivity contribution in [2.75, 3.05) is 11.1 Å². The fourth-order valence-electron chi connectivity index (χ4n) is 2.93. The quantitative estimate of drug-likeness (QED) is 0.522. The lowest BCUT2D eigenvalue weighted by atomic mass is 10.3. The van der Waals surface area contributed by atoms with Crippen LogP contribution >= 0.6 is 0 Å². The fraction of sp³-hybridized carbons (Fsp3) is 0.105. The van der Waals surface area contributed by atoms with Crippen molar-refractivity contribution in [3.05, 3.63) is 60.2 Å². The standard InChI is InChI=1S/C19H15F3N6O/c1-10-24-13-4-2-3-5-14(13)28(10)19-26-16(23)9-17(27-19)25-11-6-7-15(12(20)8-11)29-18(21)22/h2-9,18H,1H3,(H3,23,25,26,27). The number of aromatic nitrogens is 4. The fourth-order valence-corrected chi connectivity index (χ4v) is 2.93. The van der Waals surface area contributed by atoms with Crippen LogP contribution in [0.25, 0.3) is 17.0 Å². The minimum atomic E-state index is -3.11. The SMILES string of the molecule is Cc1nc2ccccc2n1-c1nc(N)cc(Nc2ccc(OC(F)F)c(F)c2)n1. The molecular weight excluding hydrogens is 385 g/mol. The van der Waals surface area contributed by atoms with Crippen molar-refractivity contribution in [1.82, 2.24) is 19.5 Å². The van der Waals surface area contributed by atoms with E-state index in [1.54, 1.807) is 4.57 Å². The summed E-state index contributed by atoms with van der Waals surface area (Å²) in [4.78, 5) is 13.2. The number of alkyl halides is 2. The summed E-state index contributed by atoms with van der Waals surface area (Å²) in [5, 5.41) is 2.89. The first-order valence-electron chi connectivity index (χ1n) is 8.51. The molecule has 7 nitrogen and oxygen atoms in total. The number of rotatable bonds is 5. The first-order valence-corrected chi connectivity index (χ1v) is 8.51. The Morgan fingerprint density at radius 1 is 1.07 bits per heavy atom. The molecule has 0 spiro atoms. The number of ether oxygens (including phenoxy) is 1. The number of fused-ring (bicyclic) bond motifs is 1. The molecule has 4 aromatic rings. The second kappa shape index (κ2) is 7.30. The van der Waals surface area contributed by atoms with Crippen LogP contribution < -0.4 is 15.8 Å². The van der Waals surface area contributed by atoms with E-state index in [4.69, 9.17) is 5.73 Å². The Bertz CT molecular complexity index is 1190. The van der Waals surface area contributed by atoms with Crippen molar-refractivity contribution in [3.63, 3.8) is 0 Å². The van der Waals surface area contributed by atoms with Gasteiger partial charge in [0.15, 0.2) is 11.6 Å². The summed E-state index contributed by atoms with van der Waals surface area (Å²) in [6.45, 7) is -1.29. The summed E-state index contributed by atoms with van der Waals surface area (Å²) < 4.78 is 44.3. The van der Waals surface area contributed by atoms with Crippen LogP contribution in [0.15, 0.2) is 48.5 Å². The lowest BCUT2D eigenvalue weighted by molar-refractivity contribution is -0.0521. The Kier molecular flexibility index (Phi) is 4.67.